The van der Waals surface area contributed by atoms with Crippen LogP contribution in [0.3, 0.4) is 0 Å². The molecule has 0 aliphatic rings. The number of ether oxygens (including phenoxy) is 4. The summed E-state index contributed by atoms with van der Waals surface area (Å²) in [5, 5.41) is 10.6. The van der Waals surface area contributed by atoms with Crippen molar-refractivity contribution in [2.45, 2.75) is 400 Å². The summed E-state index contributed by atoms with van der Waals surface area (Å²) >= 11 is 0. The summed E-state index contributed by atoms with van der Waals surface area (Å²) in [4.78, 5) is 72.5. The monoisotopic (exact) mass is 1350 g/mol. The van der Waals surface area contributed by atoms with E-state index in [0.717, 1.165) is 109 Å². The Morgan fingerprint density at radius 1 is 0.304 bits per heavy atom. The number of carbonyl (C=O) groups is 4. The van der Waals surface area contributed by atoms with Crippen LogP contribution in [0, 0.1) is 5.92 Å². The number of esters is 4. The predicted molar refractivity (Wildman–Crippen MR) is 372 cm³/mol. The van der Waals surface area contributed by atoms with E-state index in [2.05, 4.69) is 34.6 Å². The molecule has 0 aromatic heterocycles. The van der Waals surface area contributed by atoms with E-state index in [1.54, 1.807) is 0 Å². The van der Waals surface area contributed by atoms with Crippen molar-refractivity contribution in [3.8, 4) is 0 Å². The molecule has 0 saturated heterocycles. The van der Waals surface area contributed by atoms with Crippen molar-refractivity contribution in [2.75, 3.05) is 39.6 Å². The Kier molecular flexibility index (Phi) is 64.9. The molecule has 0 heterocycles. The number of hydrogen-bond donors (Lipinski definition) is 3. The lowest BCUT2D eigenvalue weighted by atomic mass is 9.99. The Hall–Kier alpha value is -1.94. The summed E-state index contributed by atoms with van der Waals surface area (Å²) in [5.41, 5.74) is 0. The molecule has 0 aliphatic heterocycles. The van der Waals surface area contributed by atoms with Crippen molar-refractivity contribution in [2.24, 2.45) is 5.92 Å². The topological polar surface area (TPSA) is 237 Å². The number of hydrogen-bond acceptors (Lipinski definition) is 15. The summed E-state index contributed by atoms with van der Waals surface area (Å²) < 4.78 is 68.2. The van der Waals surface area contributed by atoms with Gasteiger partial charge in [-0.1, -0.05) is 330 Å². The maximum atomic E-state index is 13.1. The fraction of sp³-hybridized carbons (Fsp3) is 0.945. The largest absolute Gasteiger partial charge is 0.472 e. The van der Waals surface area contributed by atoms with Crippen LogP contribution in [0.4, 0.5) is 0 Å². The maximum absolute atomic E-state index is 13.1. The molecule has 3 unspecified atom stereocenters. The normalized spacial score (nSPS) is 14.3. The molecular formula is C73H142O17P2. The number of phosphoric acid groups is 2. The standard InChI is InChI=1S/C73H142O17P2/c1-6-10-13-16-19-21-23-24-25-26-27-28-29-30-31-32-33-39-44-49-54-59-73(78)90-69(63-84-71(76)57-52-47-42-38-35-34-36-41-45-50-55-66(5)9-4)65-88-92(81,82)86-61-67(74)60-85-91(79,80)87-64-68(62-83-70(75)56-51-46-40-18-15-12-8-3)89-72(77)58-53-48-43-37-22-20-17-14-11-7-2/h66-69,74H,6-65H2,1-5H3,(H,79,80)(H,81,82)/t66?,67-,68+,69+/m0/s1. The van der Waals surface area contributed by atoms with E-state index < -0.39 is 97.5 Å². The molecule has 3 N–H and O–H groups in total. The lowest BCUT2D eigenvalue weighted by molar-refractivity contribution is -0.161. The summed E-state index contributed by atoms with van der Waals surface area (Å²) in [6.07, 6.45) is 54.3. The Balaban J connectivity index is 5.15. The van der Waals surface area contributed by atoms with E-state index in [-0.39, 0.29) is 25.7 Å². The molecule has 92 heavy (non-hydrogen) atoms. The number of rotatable bonds is 73. The van der Waals surface area contributed by atoms with E-state index in [1.807, 2.05) is 0 Å². The lowest BCUT2D eigenvalue weighted by Crippen LogP contribution is -2.30. The zero-order chi connectivity index (χ0) is 67.7. The molecule has 6 atom stereocenters. The summed E-state index contributed by atoms with van der Waals surface area (Å²) in [7, 11) is -9.90. The van der Waals surface area contributed by atoms with Crippen molar-refractivity contribution >= 4 is 39.5 Å². The highest BCUT2D eigenvalue weighted by Crippen LogP contribution is 2.45. The van der Waals surface area contributed by atoms with Crippen molar-refractivity contribution in [1.82, 2.24) is 0 Å². The van der Waals surface area contributed by atoms with Gasteiger partial charge in [0.1, 0.15) is 19.3 Å². The van der Waals surface area contributed by atoms with E-state index in [9.17, 15) is 43.2 Å². The molecule has 0 rings (SSSR count). The molecule has 0 radical (unpaired) electrons. The van der Waals surface area contributed by atoms with Gasteiger partial charge in [-0.3, -0.25) is 37.3 Å². The van der Waals surface area contributed by atoms with Crippen LogP contribution in [0.2, 0.25) is 0 Å². The van der Waals surface area contributed by atoms with Gasteiger partial charge in [0.25, 0.3) is 0 Å². The second kappa shape index (κ2) is 66.3. The Labute approximate surface area is 562 Å². The van der Waals surface area contributed by atoms with Crippen molar-refractivity contribution in [3.63, 3.8) is 0 Å². The van der Waals surface area contributed by atoms with E-state index in [0.29, 0.717) is 25.7 Å². The fourth-order valence-electron chi connectivity index (χ4n) is 11.1. The molecule has 0 aromatic rings. The van der Waals surface area contributed by atoms with Crippen LogP contribution in [-0.2, 0) is 65.4 Å². The van der Waals surface area contributed by atoms with Crippen LogP contribution >= 0.6 is 15.6 Å². The van der Waals surface area contributed by atoms with Crippen LogP contribution in [0.25, 0.3) is 0 Å². The average Bonchev–Trinajstić information content (AvgIpc) is 2.01. The van der Waals surface area contributed by atoms with Gasteiger partial charge in [0.05, 0.1) is 26.4 Å². The first-order valence-electron chi connectivity index (χ1n) is 38.2. The Bertz CT molecular complexity index is 1770. The highest BCUT2D eigenvalue weighted by molar-refractivity contribution is 7.47. The molecule has 19 heteroatoms. The van der Waals surface area contributed by atoms with Gasteiger partial charge in [0, 0.05) is 25.7 Å². The van der Waals surface area contributed by atoms with Crippen LogP contribution in [0.15, 0.2) is 0 Å². The molecule has 546 valence electrons. The lowest BCUT2D eigenvalue weighted by Gasteiger charge is -2.21. The van der Waals surface area contributed by atoms with Crippen molar-refractivity contribution in [3.05, 3.63) is 0 Å². The number of aliphatic hydroxyl groups excluding tert-OH is 1. The molecule has 0 aromatic carbocycles. The van der Waals surface area contributed by atoms with Gasteiger partial charge in [0.2, 0.25) is 0 Å². The van der Waals surface area contributed by atoms with Gasteiger partial charge in [-0.05, 0) is 31.6 Å². The molecule has 17 nitrogen and oxygen atoms in total. The predicted octanol–water partition coefficient (Wildman–Crippen LogP) is 21.3. The van der Waals surface area contributed by atoms with E-state index >= 15 is 0 Å². The second-order valence-corrected chi connectivity index (χ2v) is 29.5. The fourth-order valence-corrected chi connectivity index (χ4v) is 12.7. The number of phosphoric ester groups is 2. The second-order valence-electron chi connectivity index (χ2n) is 26.6. The quantitative estimate of drug-likeness (QED) is 0.0222. The first kappa shape index (κ1) is 90.1. The summed E-state index contributed by atoms with van der Waals surface area (Å²) in [5.74, 6) is -1.31. The third-order valence-electron chi connectivity index (χ3n) is 17.4. The van der Waals surface area contributed by atoms with Gasteiger partial charge < -0.3 is 33.8 Å². The van der Waals surface area contributed by atoms with Crippen molar-refractivity contribution < 1.29 is 80.2 Å². The third kappa shape index (κ3) is 65.4. The smallest absolute Gasteiger partial charge is 0.462 e. The molecule has 0 fully saturated rings. The van der Waals surface area contributed by atoms with Gasteiger partial charge in [-0.25, -0.2) is 9.13 Å². The molecule has 0 bridgehead atoms. The van der Waals surface area contributed by atoms with Gasteiger partial charge >= 0.3 is 39.5 Å². The van der Waals surface area contributed by atoms with E-state index in [1.165, 1.54) is 193 Å². The van der Waals surface area contributed by atoms with Crippen LogP contribution in [0.5, 0.6) is 0 Å². The molecule has 0 saturated carbocycles. The summed E-state index contributed by atoms with van der Waals surface area (Å²) in [6.45, 7) is 7.24. The maximum Gasteiger partial charge on any atom is 0.472 e. The first-order valence-corrected chi connectivity index (χ1v) is 41.2. The highest BCUT2D eigenvalue weighted by Gasteiger charge is 2.30. The zero-order valence-electron chi connectivity index (χ0n) is 59.7. The van der Waals surface area contributed by atoms with Crippen LogP contribution < -0.4 is 0 Å². The highest BCUT2D eigenvalue weighted by atomic mass is 31.2. The zero-order valence-corrected chi connectivity index (χ0v) is 61.5. The molecular weight excluding hydrogens is 1210 g/mol. The average molecular weight is 1350 g/mol. The first-order chi connectivity index (χ1) is 44.6. The van der Waals surface area contributed by atoms with Crippen LogP contribution in [-0.4, -0.2) is 96.7 Å². The number of aliphatic hydroxyl groups is 1. The Morgan fingerprint density at radius 2 is 0.522 bits per heavy atom. The molecule has 0 aliphatic carbocycles. The van der Waals surface area contributed by atoms with Gasteiger partial charge in [0.15, 0.2) is 12.2 Å². The van der Waals surface area contributed by atoms with Crippen molar-refractivity contribution in [1.29, 1.82) is 0 Å². The minimum absolute atomic E-state index is 0.106. The summed E-state index contributed by atoms with van der Waals surface area (Å²) in [6, 6.07) is 0. The van der Waals surface area contributed by atoms with Gasteiger partial charge in [-0.15, -0.1) is 0 Å². The number of unbranched alkanes of at least 4 members (excludes halogenated alkanes) is 44. The Morgan fingerprint density at radius 3 is 0.772 bits per heavy atom. The third-order valence-corrected chi connectivity index (χ3v) is 19.3. The SMILES string of the molecule is CCCCCCCCCCCCCCCCCCCCCCCC(=O)O[C@H](COC(=O)CCCCCCCCCCCCC(C)CC)COP(=O)(O)OC[C@@H](O)COP(=O)(O)OC[C@@H](COC(=O)CCCCCCCCC)OC(=O)CCCCCCCCCCCC. The van der Waals surface area contributed by atoms with Crippen LogP contribution in [0.1, 0.15) is 381 Å². The minimum Gasteiger partial charge on any atom is -0.462 e. The molecule has 0 spiro atoms. The number of carbonyl (C=O) groups excluding carboxylic acids is 4. The minimum atomic E-state index is -4.95. The molecule has 0 amide bonds. The van der Waals surface area contributed by atoms with E-state index in [4.69, 9.17) is 37.0 Å². The van der Waals surface area contributed by atoms with Gasteiger partial charge in [-0.2, -0.15) is 0 Å².